The third-order valence-corrected chi connectivity index (χ3v) is 1.18. The minimum absolute atomic E-state index is 0.329. The Labute approximate surface area is 58.3 Å². The zero-order valence-electron chi connectivity index (χ0n) is 4.87. The fourth-order valence-electron chi connectivity index (χ4n) is 0.457. The molecule has 0 amide bonds. The van der Waals surface area contributed by atoms with Crippen LogP contribution in [-0.2, 0) is 0 Å². The molecule has 1 aromatic heterocycles. The molecule has 0 aliphatic carbocycles. The molecule has 9 heavy (non-hydrogen) atoms. The van der Waals surface area contributed by atoms with E-state index in [1.54, 1.807) is 19.1 Å². The smallest absolute Gasteiger partial charge is 0.218 e. The molecule has 1 rings (SSSR count). The van der Waals surface area contributed by atoms with E-state index in [9.17, 15) is 5.21 Å². The van der Waals surface area contributed by atoms with E-state index >= 15 is 0 Å². The second kappa shape index (κ2) is 2.14. The van der Waals surface area contributed by atoms with E-state index in [0.717, 1.165) is 0 Å². The van der Waals surface area contributed by atoms with Gasteiger partial charge in [-0.3, -0.25) is 0 Å². The highest BCUT2D eigenvalue weighted by molar-refractivity contribution is 7.80. The molecule has 0 saturated carbocycles. The van der Waals surface area contributed by atoms with Crippen LogP contribution in [0.1, 0.15) is 5.69 Å². The molecular weight excluding hydrogens is 136 g/mol. The van der Waals surface area contributed by atoms with Crippen molar-refractivity contribution in [1.29, 1.82) is 0 Å². The standard InChI is InChI=1S/C5H5N2OS/c1-4-2-3-5(9)6-7(4)8/h2-3H,1H3. The van der Waals surface area contributed by atoms with Crippen LogP contribution in [0.15, 0.2) is 17.2 Å². The van der Waals surface area contributed by atoms with Gasteiger partial charge in [-0.25, -0.2) is 0 Å². The van der Waals surface area contributed by atoms with E-state index in [2.05, 4.69) is 17.7 Å². The molecule has 47 valence electrons. The van der Waals surface area contributed by atoms with Crippen molar-refractivity contribution in [2.75, 3.05) is 0 Å². The minimum atomic E-state index is 0.329. The van der Waals surface area contributed by atoms with E-state index in [0.29, 0.717) is 15.6 Å². The van der Waals surface area contributed by atoms with Crippen molar-refractivity contribution in [2.45, 2.75) is 11.9 Å². The molecule has 0 fully saturated rings. The van der Waals surface area contributed by atoms with Gasteiger partial charge in [0, 0.05) is 18.1 Å². The predicted molar refractivity (Wildman–Crippen MR) is 33.8 cm³/mol. The van der Waals surface area contributed by atoms with Crippen molar-refractivity contribution in [3.63, 3.8) is 0 Å². The van der Waals surface area contributed by atoms with Gasteiger partial charge in [0.25, 0.3) is 0 Å². The summed E-state index contributed by atoms with van der Waals surface area (Å²) in [5.41, 5.74) is 0.559. The van der Waals surface area contributed by atoms with Crippen LogP contribution in [-0.4, -0.2) is 5.10 Å². The summed E-state index contributed by atoms with van der Waals surface area (Å²) in [6.45, 7) is 1.68. The first-order valence-corrected chi connectivity index (χ1v) is 2.85. The van der Waals surface area contributed by atoms with Gasteiger partial charge in [-0.15, -0.1) is 0 Å². The van der Waals surface area contributed by atoms with Gasteiger partial charge in [-0.1, -0.05) is 17.5 Å². The topological polar surface area (TPSA) is 39.8 Å². The van der Waals surface area contributed by atoms with Gasteiger partial charge in [-0.05, 0) is 6.07 Å². The molecule has 0 aliphatic heterocycles. The van der Waals surface area contributed by atoms with Crippen molar-refractivity contribution in [1.82, 2.24) is 5.10 Å². The lowest BCUT2D eigenvalue weighted by Crippen LogP contribution is -2.34. The molecule has 0 aromatic carbocycles. The molecule has 4 heteroatoms. The van der Waals surface area contributed by atoms with Gasteiger partial charge in [0.2, 0.25) is 5.69 Å². The van der Waals surface area contributed by atoms with Crippen LogP contribution in [0.3, 0.4) is 0 Å². The highest BCUT2D eigenvalue weighted by atomic mass is 32.1. The Bertz CT molecular complexity index is 226. The second-order valence-electron chi connectivity index (χ2n) is 1.69. The van der Waals surface area contributed by atoms with E-state index in [1.165, 1.54) is 0 Å². The molecule has 1 aromatic rings. The molecule has 1 heterocycles. The predicted octanol–water partition coefficient (Wildman–Crippen LogP) is 0.580. The van der Waals surface area contributed by atoms with Gasteiger partial charge in [0.15, 0.2) is 5.03 Å². The van der Waals surface area contributed by atoms with Crippen LogP contribution in [0.25, 0.3) is 0 Å². The Balaban J connectivity index is 3.17. The molecule has 1 radical (unpaired) electrons. The lowest BCUT2D eigenvalue weighted by atomic mass is 10.4. The average Bonchev–Trinajstić information content (AvgIpc) is 1.80. The molecule has 0 aliphatic rings. The van der Waals surface area contributed by atoms with Crippen molar-refractivity contribution in [3.8, 4) is 0 Å². The lowest BCUT2D eigenvalue weighted by Gasteiger charge is -1.94. The zero-order chi connectivity index (χ0) is 6.85. The van der Waals surface area contributed by atoms with Crippen molar-refractivity contribution in [3.05, 3.63) is 23.0 Å². The summed E-state index contributed by atoms with van der Waals surface area (Å²) in [6, 6.07) is 3.27. The van der Waals surface area contributed by atoms with Crippen LogP contribution in [0.4, 0.5) is 0 Å². The van der Waals surface area contributed by atoms with Crippen LogP contribution in [0.5, 0.6) is 0 Å². The fourth-order valence-corrected chi connectivity index (χ4v) is 0.600. The Morgan fingerprint density at radius 1 is 1.67 bits per heavy atom. The third-order valence-electron chi connectivity index (χ3n) is 0.958. The van der Waals surface area contributed by atoms with Crippen LogP contribution < -0.4 is 4.85 Å². The first kappa shape index (κ1) is 6.22. The summed E-state index contributed by atoms with van der Waals surface area (Å²) in [4.78, 5) is 0.516. The maximum absolute atomic E-state index is 10.6. The monoisotopic (exact) mass is 141 g/mol. The van der Waals surface area contributed by atoms with Crippen LogP contribution in [0, 0.1) is 12.1 Å². The quantitative estimate of drug-likeness (QED) is 0.391. The van der Waals surface area contributed by atoms with Gasteiger partial charge in [-0.2, -0.15) is 0 Å². The van der Waals surface area contributed by atoms with E-state index in [-0.39, 0.29) is 0 Å². The molecule has 0 saturated heterocycles. The Morgan fingerprint density at radius 2 is 2.33 bits per heavy atom. The molecular formula is C5H5N2OS. The number of aromatic nitrogens is 2. The Kier molecular flexibility index (Phi) is 1.48. The molecule has 3 nitrogen and oxygen atoms in total. The molecule has 0 unspecified atom stereocenters. The van der Waals surface area contributed by atoms with Gasteiger partial charge in [0.1, 0.15) is 0 Å². The largest absolute Gasteiger partial charge is 0.594 e. The van der Waals surface area contributed by atoms with E-state index in [4.69, 9.17) is 0 Å². The Morgan fingerprint density at radius 3 is 2.78 bits per heavy atom. The number of hydrogen-bond acceptors (Lipinski definition) is 2. The summed E-state index contributed by atoms with van der Waals surface area (Å²) in [6.07, 6.45) is 0. The van der Waals surface area contributed by atoms with E-state index < -0.39 is 0 Å². The summed E-state index contributed by atoms with van der Waals surface area (Å²) >= 11 is 4.63. The summed E-state index contributed by atoms with van der Waals surface area (Å²) in [7, 11) is 0. The van der Waals surface area contributed by atoms with Crippen LogP contribution >= 0.6 is 12.6 Å². The number of rotatable bonds is 0. The molecule has 0 bridgehead atoms. The molecule has 0 atom stereocenters. The summed E-state index contributed by atoms with van der Waals surface area (Å²) in [5, 5.41) is 14.4. The average molecular weight is 141 g/mol. The fraction of sp³-hybridized carbons (Fsp3) is 0.200. The summed E-state index contributed by atoms with van der Waals surface area (Å²) in [5.74, 6) is 0. The van der Waals surface area contributed by atoms with Gasteiger partial charge >= 0.3 is 0 Å². The Hall–Kier alpha value is -0.900. The van der Waals surface area contributed by atoms with E-state index in [1.807, 2.05) is 0 Å². The molecule has 0 spiro atoms. The zero-order valence-corrected chi connectivity index (χ0v) is 5.68. The minimum Gasteiger partial charge on any atom is -0.594 e. The highest BCUT2D eigenvalue weighted by Gasteiger charge is 1.98. The molecule has 0 N–H and O–H groups in total. The van der Waals surface area contributed by atoms with Crippen molar-refractivity contribution < 1.29 is 4.85 Å². The first-order valence-electron chi connectivity index (χ1n) is 2.44. The van der Waals surface area contributed by atoms with Crippen LogP contribution in [0.2, 0.25) is 0 Å². The second-order valence-corrected chi connectivity index (χ2v) is 2.10. The normalized spacial score (nSPS) is 9.44. The number of hydrogen-bond donors (Lipinski definition) is 0. The van der Waals surface area contributed by atoms with Crippen molar-refractivity contribution in [2.24, 2.45) is 0 Å². The third kappa shape index (κ3) is 1.26. The first-order chi connectivity index (χ1) is 4.20. The lowest BCUT2D eigenvalue weighted by molar-refractivity contribution is -0.679. The highest BCUT2D eigenvalue weighted by Crippen LogP contribution is 1.96. The SMILES string of the molecule is Cc1ccc([S])n[n+]1[O-]. The maximum atomic E-state index is 10.6. The number of aryl methyl sites for hydroxylation is 1. The summed E-state index contributed by atoms with van der Waals surface area (Å²) < 4.78 is 0. The van der Waals surface area contributed by atoms with Crippen molar-refractivity contribution >= 4 is 12.6 Å². The number of nitrogens with zero attached hydrogens (tertiary/aromatic N) is 2. The van der Waals surface area contributed by atoms with Gasteiger partial charge in [0.05, 0.1) is 0 Å². The van der Waals surface area contributed by atoms with Gasteiger partial charge < -0.3 is 5.21 Å². The maximum Gasteiger partial charge on any atom is 0.218 e.